The van der Waals surface area contributed by atoms with Crippen molar-refractivity contribution in [3.63, 3.8) is 0 Å². The summed E-state index contributed by atoms with van der Waals surface area (Å²) in [6, 6.07) is 0. The van der Waals surface area contributed by atoms with E-state index >= 15 is 0 Å². The molecule has 0 aromatic carbocycles. The van der Waals surface area contributed by atoms with E-state index in [0.29, 0.717) is 5.16 Å². The van der Waals surface area contributed by atoms with Crippen molar-refractivity contribution < 1.29 is 14.7 Å². The molecule has 2 N–H and O–H groups in total. The minimum absolute atomic E-state index is 0.00785. The number of hydrogen-bond acceptors (Lipinski definition) is 5. The average molecular weight is 290 g/mol. The molecule has 1 amide bonds. The van der Waals surface area contributed by atoms with Crippen LogP contribution in [0.4, 0.5) is 0 Å². The highest BCUT2D eigenvalue weighted by atomic mass is 35.5. The fraction of sp³-hybridized carbons (Fsp3) is 0.400. The molecule has 0 fully saturated rings. The molecule has 1 rings (SSSR count). The molecule has 1 aromatic rings. The van der Waals surface area contributed by atoms with Crippen molar-refractivity contribution in [2.45, 2.75) is 18.5 Å². The Kier molecular flexibility index (Phi) is 5.87. The van der Waals surface area contributed by atoms with Gasteiger partial charge in [0.05, 0.1) is 11.2 Å². The number of carboxylic acids is 1. The van der Waals surface area contributed by atoms with Crippen LogP contribution in [-0.4, -0.2) is 39.2 Å². The van der Waals surface area contributed by atoms with Crippen molar-refractivity contribution in [2.75, 3.05) is 12.3 Å². The molecule has 0 unspecified atom stereocenters. The Bertz CT molecular complexity index is 456. The Hall–Kier alpha value is -1.34. The Morgan fingerprint density at radius 3 is 2.89 bits per heavy atom. The number of thioether (sulfide) groups is 1. The van der Waals surface area contributed by atoms with E-state index in [9.17, 15) is 9.59 Å². The van der Waals surface area contributed by atoms with E-state index < -0.39 is 18.4 Å². The van der Waals surface area contributed by atoms with Gasteiger partial charge in [-0.05, 0) is 6.42 Å². The standard InChI is InChI=1S/C10H12ClN3O3S/c1-2-3-18-10-13-4-6(11)8(14-10)9(17)12-5-7(15)16/h4H,2-3,5H2,1H3,(H,12,17)(H,15,16). The third kappa shape index (κ3) is 4.50. The second-order valence-electron chi connectivity index (χ2n) is 3.27. The summed E-state index contributed by atoms with van der Waals surface area (Å²) < 4.78 is 0. The van der Waals surface area contributed by atoms with Crippen molar-refractivity contribution >= 4 is 35.2 Å². The number of nitrogens with zero attached hydrogens (tertiary/aromatic N) is 2. The van der Waals surface area contributed by atoms with Crippen LogP contribution in [0.5, 0.6) is 0 Å². The van der Waals surface area contributed by atoms with Gasteiger partial charge < -0.3 is 10.4 Å². The smallest absolute Gasteiger partial charge is 0.322 e. The molecule has 0 aliphatic carbocycles. The van der Waals surface area contributed by atoms with Gasteiger partial charge in [0.1, 0.15) is 6.54 Å². The van der Waals surface area contributed by atoms with Gasteiger partial charge in [-0.15, -0.1) is 0 Å². The maximum absolute atomic E-state index is 11.6. The van der Waals surface area contributed by atoms with Crippen LogP contribution in [0.3, 0.4) is 0 Å². The first-order valence-corrected chi connectivity index (χ1v) is 6.56. The van der Waals surface area contributed by atoms with E-state index in [1.165, 1.54) is 18.0 Å². The first-order valence-electron chi connectivity index (χ1n) is 5.20. The summed E-state index contributed by atoms with van der Waals surface area (Å²) in [6.45, 7) is 1.54. The quantitative estimate of drug-likeness (QED) is 0.608. The van der Waals surface area contributed by atoms with Gasteiger partial charge in [-0.2, -0.15) is 0 Å². The molecule has 0 atom stereocenters. The molecule has 0 aliphatic heterocycles. The molecule has 0 radical (unpaired) electrons. The Labute approximate surface area is 113 Å². The Morgan fingerprint density at radius 1 is 1.56 bits per heavy atom. The Balaban J connectivity index is 2.79. The maximum atomic E-state index is 11.6. The van der Waals surface area contributed by atoms with Gasteiger partial charge in [-0.25, -0.2) is 9.97 Å². The predicted octanol–water partition coefficient (Wildman–Crippen LogP) is 1.45. The topological polar surface area (TPSA) is 92.2 Å². The minimum Gasteiger partial charge on any atom is -0.480 e. The Morgan fingerprint density at radius 2 is 2.28 bits per heavy atom. The zero-order valence-corrected chi connectivity index (χ0v) is 11.2. The van der Waals surface area contributed by atoms with Gasteiger partial charge in [0.2, 0.25) is 0 Å². The van der Waals surface area contributed by atoms with Crippen LogP contribution in [0.15, 0.2) is 11.4 Å². The number of carbonyl (C=O) groups excluding carboxylic acids is 1. The van der Waals surface area contributed by atoms with Crippen molar-refractivity contribution in [3.8, 4) is 0 Å². The van der Waals surface area contributed by atoms with E-state index in [1.807, 2.05) is 6.92 Å². The van der Waals surface area contributed by atoms with Crippen molar-refractivity contribution in [1.82, 2.24) is 15.3 Å². The van der Waals surface area contributed by atoms with Crippen LogP contribution >= 0.6 is 23.4 Å². The minimum atomic E-state index is -1.13. The monoisotopic (exact) mass is 289 g/mol. The van der Waals surface area contributed by atoms with Crippen LogP contribution in [0.2, 0.25) is 5.02 Å². The van der Waals surface area contributed by atoms with Crippen LogP contribution in [-0.2, 0) is 4.79 Å². The fourth-order valence-corrected chi connectivity index (χ4v) is 1.86. The van der Waals surface area contributed by atoms with Gasteiger partial charge >= 0.3 is 5.97 Å². The van der Waals surface area contributed by atoms with Gasteiger partial charge in [0, 0.05) is 5.75 Å². The third-order valence-electron chi connectivity index (χ3n) is 1.77. The van der Waals surface area contributed by atoms with Crippen LogP contribution in [0.25, 0.3) is 0 Å². The summed E-state index contributed by atoms with van der Waals surface area (Å²) in [5.41, 5.74) is -0.00785. The van der Waals surface area contributed by atoms with Gasteiger partial charge in [0.15, 0.2) is 10.9 Å². The summed E-state index contributed by atoms with van der Waals surface area (Å²) in [6.07, 6.45) is 2.29. The van der Waals surface area contributed by atoms with E-state index in [-0.39, 0.29) is 10.7 Å². The molecule has 0 bridgehead atoms. The van der Waals surface area contributed by atoms with Crippen LogP contribution < -0.4 is 5.32 Å². The van der Waals surface area contributed by atoms with Crippen molar-refractivity contribution in [2.24, 2.45) is 0 Å². The second-order valence-corrected chi connectivity index (χ2v) is 4.74. The first-order chi connectivity index (χ1) is 8.54. The van der Waals surface area contributed by atoms with E-state index in [1.54, 1.807) is 0 Å². The van der Waals surface area contributed by atoms with E-state index in [4.69, 9.17) is 16.7 Å². The number of rotatable bonds is 6. The lowest BCUT2D eigenvalue weighted by atomic mass is 10.4. The highest BCUT2D eigenvalue weighted by molar-refractivity contribution is 7.99. The summed E-state index contributed by atoms with van der Waals surface area (Å²) in [7, 11) is 0. The average Bonchev–Trinajstić information content (AvgIpc) is 2.35. The number of nitrogens with one attached hydrogen (secondary N) is 1. The number of carbonyl (C=O) groups is 2. The van der Waals surface area contributed by atoms with Crippen molar-refractivity contribution in [3.05, 3.63) is 16.9 Å². The number of halogens is 1. The lowest BCUT2D eigenvalue weighted by molar-refractivity contribution is -0.135. The number of carboxylic acid groups (broad SMARTS) is 1. The van der Waals surface area contributed by atoms with Gasteiger partial charge in [0.25, 0.3) is 5.91 Å². The summed E-state index contributed by atoms with van der Waals surface area (Å²) >= 11 is 7.21. The maximum Gasteiger partial charge on any atom is 0.322 e. The summed E-state index contributed by atoms with van der Waals surface area (Å²) in [4.78, 5) is 30.0. The lowest BCUT2D eigenvalue weighted by Crippen LogP contribution is -2.30. The molecular formula is C10H12ClN3O3S. The van der Waals surface area contributed by atoms with E-state index in [2.05, 4.69) is 15.3 Å². The normalized spacial score (nSPS) is 10.1. The first kappa shape index (κ1) is 14.7. The molecule has 98 valence electrons. The highest BCUT2D eigenvalue weighted by Gasteiger charge is 2.14. The molecule has 0 aliphatic rings. The molecule has 0 saturated heterocycles. The number of hydrogen-bond donors (Lipinski definition) is 2. The molecule has 1 aromatic heterocycles. The van der Waals surface area contributed by atoms with E-state index in [0.717, 1.165) is 12.2 Å². The van der Waals surface area contributed by atoms with Gasteiger partial charge in [-0.1, -0.05) is 30.3 Å². The van der Waals surface area contributed by atoms with Crippen LogP contribution in [0, 0.1) is 0 Å². The highest BCUT2D eigenvalue weighted by Crippen LogP contribution is 2.18. The lowest BCUT2D eigenvalue weighted by Gasteiger charge is -2.05. The second kappa shape index (κ2) is 7.17. The number of aliphatic carboxylic acids is 1. The molecule has 18 heavy (non-hydrogen) atoms. The molecular weight excluding hydrogens is 278 g/mol. The largest absolute Gasteiger partial charge is 0.480 e. The van der Waals surface area contributed by atoms with Crippen molar-refractivity contribution in [1.29, 1.82) is 0 Å². The fourth-order valence-electron chi connectivity index (χ4n) is 1.01. The predicted molar refractivity (Wildman–Crippen MR) is 68.0 cm³/mol. The summed E-state index contributed by atoms with van der Waals surface area (Å²) in [5, 5.41) is 11.2. The molecule has 0 spiro atoms. The SMILES string of the molecule is CCCSc1ncc(Cl)c(C(=O)NCC(=O)O)n1. The van der Waals surface area contributed by atoms with Gasteiger partial charge in [-0.3, -0.25) is 9.59 Å². The molecule has 1 heterocycles. The molecule has 6 nitrogen and oxygen atoms in total. The number of amides is 1. The number of aromatic nitrogens is 2. The molecule has 8 heteroatoms. The third-order valence-corrected chi connectivity index (χ3v) is 3.12. The zero-order chi connectivity index (χ0) is 13.5. The zero-order valence-electron chi connectivity index (χ0n) is 9.64. The summed E-state index contributed by atoms with van der Waals surface area (Å²) in [5.74, 6) is -0.921. The van der Waals surface area contributed by atoms with Crippen LogP contribution in [0.1, 0.15) is 23.8 Å². The molecule has 0 saturated carbocycles.